The molecule has 132 valence electrons. The van der Waals surface area contributed by atoms with E-state index in [1.807, 2.05) is 26.8 Å². The molecule has 2 heterocycles. The molecule has 0 fully saturated rings. The van der Waals surface area contributed by atoms with E-state index in [-0.39, 0.29) is 11.7 Å². The molecule has 5 nitrogen and oxygen atoms in total. The lowest BCUT2D eigenvalue weighted by Crippen LogP contribution is -2.21. The van der Waals surface area contributed by atoms with Gasteiger partial charge in [0.15, 0.2) is 5.78 Å². The highest BCUT2D eigenvalue weighted by Gasteiger charge is 2.32. The van der Waals surface area contributed by atoms with Crippen LogP contribution in [0.4, 0.5) is 0 Å². The molecule has 0 aliphatic heterocycles. The van der Waals surface area contributed by atoms with Crippen LogP contribution in [-0.4, -0.2) is 25.5 Å². The van der Waals surface area contributed by atoms with Crippen LogP contribution >= 0.6 is 0 Å². The third kappa shape index (κ3) is 2.83. The Balaban J connectivity index is 1.82. The summed E-state index contributed by atoms with van der Waals surface area (Å²) >= 11 is 0. The lowest BCUT2D eigenvalue weighted by Gasteiger charge is -2.23. The number of hydrogen-bond acceptors (Lipinski definition) is 4. The minimum Gasteiger partial charge on any atom is -0.294 e. The molecule has 1 aliphatic carbocycles. The number of carbonyl (C=O) groups is 1. The Kier molecular flexibility index (Phi) is 3.94. The minimum atomic E-state index is 0.158. The molecule has 5 heteroatoms. The van der Waals surface area contributed by atoms with Gasteiger partial charge in [-0.1, -0.05) is 29.8 Å². The second-order valence-electron chi connectivity index (χ2n) is 7.21. The minimum absolute atomic E-state index is 0.158. The molecule has 0 radical (unpaired) electrons. The zero-order chi connectivity index (χ0) is 18.4. The van der Waals surface area contributed by atoms with Crippen LogP contribution in [0.2, 0.25) is 0 Å². The van der Waals surface area contributed by atoms with Gasteiger partial charge >= 0.3 is 0 Å². The zero-order valence-electron chi connectivity index (χ0n) is 15.6. The van der Waals surface area contributed by atoms with Gasteiger partial charge in [-0.25, -0.2) is 14.6 Å². The second kappa shape index (κ2) is 6.16. The van der Waals surface area contributed by atoms with Gasteiger partial charge in [0.1, 0.15) is 0 Å². The Labute approximate surface area is 153 Å². The van der Waals surface area contributed by atoms with Crippen molar-refractivity contribution in [3.8, 4) is 5.95 Å². The first kappa shape index (κ1) is 16.6. The van der Waals surface area contributed by atoms with E-state index in [0.29, 0.717) is 12.4 Å². The van der Waals surface area contributed by atoms with Crippen LogP contribution in [0.25, 0.3) is 5.95 Å². The molecule has 3 aromatic rings. The van der Waals surface area contributed by atoms with Crippen molar-refractivity contribution in [2.45, 2.75) is 46.5 Å². The normalized spacial score (nSPS) is 16.6. The van der Waals surface area contributed by atoms with Crippen molar-refractivity contribution >= 4 is 5.78 Å². The summed E-state index contributed by atoms with van der Waals surface area (Å²) in [4.78, 5) is 21.9. The van der Waals surface area contributed by atoms with Crippen LogP contribution in [0.15, 0.2) is 30.3 Å². The van der Waals surface area contributed by atoms with Gasteiger partial charge in [0, 0.05) is 17.8 Å². The topological polar surface area (TPSA) is 60.7 Å². The molecule has 26 heavy (non-hydrogen) atoms. The summed E-state index contributed by atoms with van der Waals surface area (Å²) < 4.78 is 1.77. The highest BCUT2D eigenvalue weighted by atomic mass is 16.1. The highest BCUT2D eigenvalue weighted by Crippen LogP contribution is 2.35. The molecule has 4 rings (SSSR count). The molecule has 0 saturated carbocycles. The maximum absolute atomic E-state index is 12.9. The van der Waals surface area contributed by atoms with Gasteiger partial charge in [-0.05, 0) is 51.7 Å². The molecule has 2 aromatic heterocycles. The van der Waals surface area contributed by atoms with Crippen molar-refractivity contribution < 1.29 is 4.79 Å². The van der Waals surface area contributed by atoms with Crippen LogP contribution < -0.4 is 0 Å². The number of carbonyl (C=O) groups excluding carboxylic acids is 1. The average Bonchev–Trinajstić information content (AvgIpc) is 2.91. The molecule has 0 spiro atoms. The summed E-state index contributed by atoms with van der Waals surface area (Å²) in [6, 6.07) is 10.4. The van der Waals surface area contributed by atoms with E-state index in [4.69, 9.17) is 0 Å². The summed E-state index contributed by atoms with van der Waals surface area (Å²) in [5.41, 5.74) is 6.64. The maximum Gasteiger partial charge on any atom is 0.251 e. The molecular formula is C21H22N4O. The molecular weight excluding hydrogens is 324 g/mol. The van der Waals surface area contributed by atoms with E-state index < -0.39 is 0 Å². The van der Waals surface area contributed by atoms with Gasteiger partial charge in [0.05, 0.1) is 17.0 Å². The number of hydrogen-bond donors (Lipinski definition) is 0. The first-order valence-electron chi connectivity index (χ1n) is 8.93. The fraction of sp³-hybridized carbons (Fsp3) is 0.333. The predicted octanol–water partition coefficient (Wildman–Crippen LogP) is 3.81. The second-order valence-corrected chi connectivity index (χ2v) is 7.21. The van der Waals surface area contributed by atoms with E-state index in [0.717, 1.165) is 34.8 Å². The summed E-state index contributed by atoms with van der Waals surface area (Å²) in [5, 5.41) is 4.61. The van der Waals surface area contributed by atoms with Crippen molar-refractivity contribution in [3.63, 3.8) is 0 Å². The number of aryl methyl sites for hydroxylation is 4. The number of ketones is 1. The third-order valence-corrected chi connectivity index (χ3v) is 4.98. The van der Waals surface area contributed by atoms with E-state index in [9.17, 15) is 4.79 Å². The van der Waals surface area contributed by atoms with Crippen molar-refractivity contribution in [2.75, 3.05) is 0 Å². The van der Waals surface area contributed by atoms with Crippen molar-refractivity contribution in [2.24, 2.45) is 0 Å². The predicted molar refractivity (Wildman–Crippen MR) is 99.9 cm³/mol. The third-order valence-electron chi connectivity index (χ3n) is 4.98. The van der Waals surface area contributed by atoms with Crippen LogP contribution in [0, 0.1) is 27.7 Å². The Bertz CT molecular complexity index is 999. The van der Waals surface area contributed by atoms with Gasteiger partial charge in [0.25, 0.3) is 5.95 Å². The lowest BCUT2D eigenvalue weighted by molar-refractivity contribution is 0.0963. The van der Waals surface area contributed by atoms with E-state index in [2.05, 4.69) is 46.3 Å². The van der Waals surface area contributed by atoms with Crippen molar-refractivity contribution in [1.82, 2.24) is 19.7 Å². The van der Waals surface area contributed by atoms with Gasteiger partial charge in [-0.2, -0.15) is 5.10 Å². The van der Waals surface area contributed by atoms with E-state index >= 15 is 0 Å². The zero-order valence-corrected chi connectivity index (χ0v) is 15.6. The van der Waals surface area contributed by atoms with Crippen LogP contribution in [0.5, 0.6) is 0 Å². The average molecular weight is 346 g/mol. The Morgan fingerprint density at radius 1 is 1.00 bits per heavy atom. The fourth-order valence-corrected chi connectivity index (χ4v) is 3.88. The number of nitrogens with zero attached hydrogens (tertiary/aromatic N) is 4. The van der Waals surface area contributed by atoms with Gasteiger partial charge < -0.3 is 0 Å². The fourth-order valence-electron chi connectivity index (χ4n) is 3.88. The molecule has 1 atom stereocenters. The quantitative estimate of drug-likeness (QED) is 0.708. The van der Waals surface area contributed by atoms with Gasteiger partial charge in [-0.15, -0.1) is 0 Å². The smallest absolute Gasteiger partial charge is 0.251 e. The van der Waals surface area contributed by atoms with Crippen molar-refractivity contribution in [1.29, 1.82) is 0 Å². The SMILES string of the molecule is Cc1cccc([C@@H]2CC(=O)c3c(C)nn(-c4nc(C)cc(C)n4)c3C2)c1. The molecule has 1 aromatic carbocycles. The number of benzene rings is 1. The molecule has 0 amide bonds. The summed E-state index contributed by atoms with van der Waals surface area (Å²) in [6.07, 6.45) is 1.29. The Morgan fingerprint density at radius 2 is 1.73 bits per heavy atom. The summed E-state index contributed by atoms with van der Waals surface area (Å²) in [5.74, 6) is 0.867. The first-order valence-corrected chi connectivity index (χ1v) is 8.93. The Hall–Kier alpha value is -2.82. The summed E-state index contributed by atoms with van der Waals surface area (Å²) in [6.45, 7) is 7.86. The molecule has 0 unspecified atom stereocenters. The lowest BCUT2D eigenvalue weighted by atomic mass is 9.81. The molecule has 0 bridgehead atoms. The van der Waals surface area contributed by atoms with Gasteiger partial charge in [-0.3, -0.25) is 4.79 Å². The number of fused-ring (bicyclic) bond motifs is 1. The van der Waals surface area contributed by atoms with Crippen molar-refractivity contribution in [3.05, 3.63) is 69.8 Å². The van der Waals surface area contributed by atoms with E-state index in [1.54, 1.807) is 4.68 Å². The monoisotopic (exact) mass is 346 g/mol. The van der Waals surface area contributed by atoms with Crippen LogP contribution in [-0.2, 0) is 6.42 Å². The standard InChI is InChI=1S/C21H22N4O/c1-12-6-5-7-16(8-12)17-10-18-20(19(26)11-17)15(4)24-25(18)21-22-13(2)9-14(3)23-21/h5-9,17H,10-11H2,1-4H3/t17-/m0/s1. The summed E-state index contributed by atoms with van der Waals surface area (Å²) in [7, 11) is 0. The number of Topliss-reactive ketones (excluding diaryl/α,β-unsaturated/α-hetero) is 1. The Morgan fingerprint density at radius 3 is 2.42 bits per heavy atom. The number of rotatable bonds is 2. The molecule has 0 N–H and O–H groups in total. The largest absolute Gasteiger partial charge is 0.294 e. The van der Waals surface area contributed by atoms with Crippen LogP contribution in [0.1, 0.15) is 56.6 Å². The van der Waals surface area contributed by atoms with E-state index in [1.165, 1.54) is 11.1 Å². The van der Waals surface area contributed by atoms with Gasteiger partial charge in [0.2, 0.25) is 0 Å². The van der Waals surface area contributed by atoms with Crippen LogP contribution in [0.3, 0.4) is 0 Å². The number of aromatic nitrogens is 4. The highest BCUT2D eigenvalue weighted by molar-refractivity contribution is 6.00. The first-order chi connectivity index (χ1) is 12.4. The molecule has 1 aliphatic rings. The molecule has 0 saturated heterocycles. The maximum atomic E-state index is 12.9.